The molecule has 1 amide bonds. The quantitative estimate of drug-likeness (QED) is 0.823. The van der Waals surface area contributed by atoms with Crippen molar-refractivity contribution in [3.63, 3.8) is 0 Å². The van der Waals surface area contributed by atoms with Gasteiger partial charge in [-0.1, -0.05) is 6.42 Å². The molecule has 0 bridgehead atoms. The van der Waals surface area contributed by atoms with Gasteiger partial charge in [-0.25, -0.2) is 0 Å². The maximum absolute atomic E-state index is 12.5. The molecule has 3 aliphatic rings. The fourth-order valence-corrected chi connectivity index (χ4v) is 3.28. The largest absolute Gasteiger partial charge is 0.378 e. The van der Waals surface area contributed by atoms with Crippen LogP contribution in [-0.4, -0.2) is 48.7 Å². The van der Waals surface area contributed by atoms with Crippen molar-refractivity contribution in [2.75, 3.05) is 19.7 Å². The maximum Gasteiger partial charge on any atom is 0.225 e. The van der Waals surface area contributed by atoms with Crippen LogP contribution in [0.3, 0.4) is 0 Å². The molecule has 108 valence electrons. The molecule has 4 nitrogen and oxygen atoms in total. The van der Waals surface area contributed by atoms with Gasteiger partial charge in [-0.05, 0) is 45.1 Å². The van der Waals surface area contributed by atoms with Crippen molar-refractivity contribution < 1.29 is 9.53 Å². The first-order chi connectivity index (χ1) is 9.33. The minimum Gasteiger partial charge on any atom is -0.378 e. The molecule has 1 saturated carbocycles. The first-order valence-electron chi connectivity index (χ1n) is 7.97. The molecule has 0 spiro atoms. The molecule has 19 heavy (non-hydrogen) atoms. The number of piperidine rings is 1. The van der Waals surface area contributed by atoms with Gasteiger partial charge in [0, 0.05) is 25.2 Å². The number of carbonyl (C=O) groups excluding carboxylic acids is 1. The highest BCUT2D eigenvalue weighted by Crippen LogP contribution is 2.29. The molecular weight excluding hydrogens is 240 g/mol. The number of ether oxygens (including phenoxy) is 1. The van der Waals surface area contributed by atoms with Crippen LogP contribution in [0.5, 0.6) is 0 Å². The van der Waals surface area contributed by atoms with Crippen molar-refractivity contribution in [1.29, 1.82) is 0 Å². The molecule has 2 unspecified atom stereocenters. The van der Waals surface area contributed by atoms with Crippen molar-refractivity contribution in [1.82, 2.24) is 10.2 Å². The third kappa shape index (κ3) is 3.69. The van der Waals surface area contributed by atoms with Crippen LogP contribution in [0.25, 0.3) is 0 Å². The maximum atomic E-state index is 12.5. The summed E-state index contributed by atoms with van der Waals surface area (Å²) in [6, 6.07) is 1.04. The summed E-state index contributed by atoms with van der Waals surface area (Å²) in [5.74, 6) is 0.321. The van der Waals surface area contributed by atoms with Crippen molar-refractivity contribution in [3.05, 3.63) is 0 Å². The Hall–Kier alpha value is -0.610. The fraction of sp³-hybridized carbons (Fsp3) is 0.933. The Kier molecular flexibility index (Phi) is 4.38. The summed E-state index contributed by atoms with van der Waals surface area (Å²) in [6.45, 7) is 2.87. The van der Waals surface area contributed by atoms with Crippen molar-refractivity contribution in [2.45, 2.75) is 69.6 Å². The number of nitrogens with one attached hydrogen (secondary N) is 1. The van der Waals surface area contributed by atoms with E-state index in [4.69, 9.17) is 4.74 Å². The standard InChI is InChI=1S/C15H26N2O2/c18-15(10-14-5-3-9-19-14)17(13-6-7-13)11-12-4-1-2-8-16-12/h12-14,16H,1-11H2. The second-order valence-corrected chi connectivity index (χ2v) is 6.26. The molecule has 2 heterocycles. The number of hydrogen-bond acceptors (Lipinski definition) is 3. The predicted octanol–water partition coefficient (Wildman–Crippen LogP) is 1.69. The lowest BCUT2D eigenvalue weighted by Gasteiger charge is -2.31. The predicted molar refractivity (Wildman–Crippen MR) is 74.0 cm³/mol. The van der Waals surface area contributed by atoms with Crippen LogP contribution in [0.4, 0.5) is 0 Å². The molecule has 0 aromatic carbocycles. The molecular formula is C15H26N2O2. The molecule has 1 aliphatic carbocycles. The van der Waals surface area contributed by atoms with Gasteiger partial charge >= 0.3 is 0 Å². The highest BCUT2D eigenvalue weighted by Gasteiger charge is 2.35. The van der Waals surface area contributed by atoms with Gasteiger partial charge in [0.05, 0.1) is 12.5 Å². The summed E-state index contributed by atoms with van der Waals surface area (Å²) in [5, 5.41) is 3.56. The topological polar surface area (TPSA) is 41.6 Å². The zero-order chi connectivity index (χ0) is 13.1. The molecule has 2 saturated heterocycles. The summed E-state index contributed by atoms with van der Waals surface area (Å²) in [7, 11) is 0. The molecule has 2 atom stereocenters. The Morgan fingerprint density at radius 1 is 1.16 bits per heavy atom. The summed E-state index contributed by atoms with van der Waals surface area (Å²) in [5.41, 5.74) is 0. The Bertz CT molecular complexity index is 305. The van der Waals surface area contributed by atoms with Gasteiger partial charge in [-0.15, -0.1) is 0 Å². The van der Waals surface area contributed by atoms with E-state index < -0.39 is 0 Å². The van der Waals surface area contributed by atoms with Crippen LogP contribution >= 0.6 is 0 Å². The van der Waals surface area contributed by atoms with Gasteiger partial charge in [-0.3, -0.25) is 4.79 Å². The minimum absolute atomic E-state index is 0.188. The average molecular weight is 266 g/mol. The van der Waals surface area contributed by atoms with Gasteiger partial charge in [0.15, 0.2) is 0 Å². The molecule has 4 heteroatoms. The summed E-state index contributed by atoms with van der Waals surface area (Å²) < 4.78 is 5.60. The number of nitrogens with zero attached hydrogens (tertiary/aromatic N) is 1. The van der Waals surface area contributed by atoms with Gasteiger partial charge in [-0.2, -0.15) is 0 Å². The first kappa shape index (κ1) is 13.4. The number of carbonyl (C=O) groups is 1. The smallest absolute Gasteiger partial charge is 0.225 e. The molecule has 3 rings (SSSR count). The summed E-state index contributed by atoms with van der Waals surface area (Å²) >= 11 is 0. The van der Waals surface area contributed by atoms with E-state index in [1.54, 1.807) is 0 Å². The monoisotopic (exact) mass is 266 g/mol. The van der Waals surface area contributed by atoms with Crippen molar-refractivity contribution in [2.24, 2.45) is 0 Å². The fourth-order valence-electron chi connectivity index (χ4n) is 3.28. The van der Waals surface area contributed by atoms with Gasteiger partial charge in [0.25, 0.3) is 0 Å². The third-order valence-corrected chi connectivity index (χ3v) is 4.56. The van der Waals surface area contributed by atoms with Crippen molar-refractivity contribution in [3.8, 4) is 0 Å². The van der Waals surface area contributed by atoms with E-state index in [0.717, 1.165) is 32.5 Å². The lowest BCUT2D eigenvalue weighted by molar-refractivity contribution is -0.134. The number of amides is 1. The number of hydrogen-bond donors (Lipinski definition) is 1. The molecule has 3 fully saturated rings. The number of rotatable bonds is 5. The second kappa shape index (κ2) is 6.23. The van der Waals surface area contributed by atoms with Crippen molar-refractivity contribution >= 4 is 5.91 Å². The zero-order valence-electron chi connectivity index (χ0n) is 11.8. The van der Waals surface area contributed by atoms with E-state index in [-0.39, 0.29) is 6.10 Å². The van der Waals surface area contributed by atoms with E-state index in [2.05, 4.69) is 10.2 Å². The Morgan fingerprint density at radius 2 is 2.05 bits per heavy atom. The Morgan fingerprint density at radius 3 is 2.68 bits per heavy atom. The van der Waals surface area contributed by atoms with E-state index in [1.165, 1.54) is 32.1 Å². The van der Waals surface area contributed by atoms with Crippen LogP contribution in [-0.2, 0) is 9.53 Å². The normalized spacial score (nSPS) is 31.4. The molecule has 1 N–H and O–H groups in total. The van der Waals surface area contributed by atoms with E-state index in [0.29, 0.717) is 24.4 Å². The van der Waals surface area contributed by atoms with E-state index in [1.807, 2.05) is 0 Å². The molecule has 0 aromatic rings. The average Bonchev–Trinajstić information content (AvgIpc) is 3.15. The molecule has 0 aromatic heterocycles. The summed E-state index contributed by atoms with van der Waals surface area (Å²) in [4.78, 5) is 14.6. The highest BCUT2D eigenvalue weighted by atomic mass is 16.5. The second-order valence-electron chi connectivity index (χ2n) is 6.26. The minimum atomic E-state index is 0.188. The van der Waals surface area contributed by atoms with Crippen LogP contribution in [0.1, 0.15) is 51.4 Å². The lowest BCUT2D eigenvalue weighted by Crippen LogP contribution is -2.47. The lowest BCUT2D eigenvalue weighted by atomic mass is 10.0. The van der Waals surface area contributed by atoms with Gasteiger partial charge in [0.2, 0.25) is 5.91 Å². The first-order valence-corrected chi connectivity index (χ1v) is 7.97. The van der Waals surface area contributed by atoms with Gasteiger partial charge < -0.3 is 15.0 Å². The van der Waals surface area contributed by atoms with Crippen LogP contribution in [0.2, 0.25) is 0 Å². The Balaban J connectivity index is 1.52. The van der Waals surface area contributed by atoms with Crippen LogP contribution < -0.4 is 5.32 Å². The zero-order valence-corrected chi connectivity index (χ0v) is 11.8. The highest BCUT2D eigenvalue weighted by molar-refractivity contribution is 5.77. The Labute approximate surface area is 115 Å². The van der Waals surface area contributed by atoms with Crippen LogP contribution in [0.15, 0.2) is 0 Å². The summed E-state index contributed by atoms with van der Waals surface area (Å²) in [6.07, 6.45) is 9.17. The van der Waals surface area contributed by atoms with Crippen LogP contribution in [0, 0.1) is 0 Å². The van der Waals surface area contributed by atoms with E-state index in [9.17, 15) is 4.79 Å². The SMILES string of the molecule is O=C(CC1CCCO1)N(CC1CCCCN1)C1CC1. The molecule has 0 radical (unpaired) electrons. The third-order valence-electron chi connectivity index (χ3n) is 4.56. The van der Waals surface area contributed by atoms with Gasteiger partial charge in [0.1, 0.15) is 0 Å². The van der Waals surface area contributed by atoms with E-state index >= 15 is 0 Å². The molecule has 2 aliphatic heterocycles.